The molecule has 1 heterocycles. The number of nitrogens with one attached hydrogen (secondary N) is 1. The van der Waals surface area contributed by atoms with Gasteiger partial charge >= 0.3 is 0 Å². The fraction of sp³-hybridized carbons (Fsp3) is 0.882. The van der Waals surface area contributed by atoms with Crippen LogP contribution < -0.4 is 5.32 Å². The Morgan fingerprint density at radius 1 is 1.00 bits per heavy atom. The van der Waals surface area contributed by atoms with E-state index in [-0.39, 0.29) is 23.9 Å². The second-order valence-corrected chi connectivity index (χ2v) is 7.00. The van der Waals surface area contributed by atoms with Crippen LogP contribution >= 0.6 is 0 Å². The van der Waals surface area contributed by atoms with Gasteiger partial charge in [0.25, 0.3) is 0 Å². The van der Waals surface area contributed by atoms with Crippen LogP contribution in [0.3, 0.4) is 0 Å². The molecule has 2 amide bonds. The van der Waals surface area contributed by atoms with Crippen molar-refractivity contribution in [3.05, 3.63) is 0 Å². The van der Waals surface area contributed by atoms with Crippen molar-refractivity contribution < 1.29 is 9.59 Å². The maximum Gasteiger partial charge on any atom is 0.246 e. The Labute approximate surface area is 127 Å². The van der Waals surface area contributed by atoms with E-state index in [4.69, 9.17) is 0 Å². The summed E-state index contributed by atoms with van der Waals surface area (Å²) in [6.45, 7) is 1.98. The van der Waals surface area contributed by atoms with Crippen LogP contribution in [0.4, 0.5) is 0 Å². The summed E-state index contributed by atoms with van der Waals surface area (Å²) >= 11 is 0. The molecule has 4 nitrogen and oxygen atoms in total. The minimum absolute atomic E-state index is 0.111. The number of rotatable bonds is 3. The largest absolute Gasteiger partial charge is 0.343 e. The molecule has 0 aromatic rings. The van der Waals surface area contributed by atoms with Crippen molar-refractivity contribution in [2.24, 2.45) is 5.92 Å². The summed E-state index contributed by atoms with van der Waals surface area (Å²) in [6, 6.07) is -0.175. The molecule has 118 valence electrons. The summed E-state index contributed by atoms with van der Waals surface area (Å²) in [5, 5.41) is 2.99. The van der Waals surface area contributed by atoms with E-state index >= 15 is 0 Å². The highest BCUT2D eigenvalue weighted by Gasteiger charge is 2.46. The van der Waals surface area contributed by atoms with Crippen LogP contribution in [0.5, 0.6) is 0 Å². The molecule has 2 saturated carbocycles. The Balaban J connectivity index is 1.85. The van der Waals surface area contributed by atoms with Gasteiger partial charge in [-0.15, -0.1) is 0 Å². The van der Waals surface area contributed by atoms with Gasteiger partial charge in [0.2, 0.25) is 11.8 Å². The molecule has 0 bridgehead atoms. The molecule has 0 aromatic heterocycles. The first-order valence-corrected chi connectivity index (χ1v) is 8.85. The van der Waals surface area contributed by atoms with E-state index in [0.717, 1.165) is 25.7 Å². The maximum atomic E-state index is 12.9. The third-order valence-corrected chi connectivity index (χ3v) is 5.66. The molecule has 4 heteroatoms. The SMILES string of the molecule is CCC1NC(=O)C(C2CCCCC2)N(C2CCCC2)C1=O. The third-order valence-electron chi connectivity index (χ3n) is 5.66. The van der Waals surface area contributed by atoms with Crippen molar-refractivity contribution in [1.29, 1.82) is 0 Å². The van der Waals surface area contributed by atoms with E-state index in [9.17, 15) is 9.59 Å². The number of hydrogen-bond donors (Lipinski definition) is 1. The van der Waals surface area contributed by atoms with Gasteiger partial charge in [-0.25, -0.2) is 0 Å². The lowest BCUT2D eigenvalue weighted by molar-refractivity contribution is -0.155. The van der Waals surface area contributed by atoms with Crippen LogP contribution in [-0.2, 0) is 9.59 Å². The Morgan fingerprint density at radius 2 is 1.62 bits per heavy atom. The van der Waals surface area contributed by atoms with Crippen molar-refractivity contribution in [2.75, 3.05) is 0 Å². The molecule has 3 fully saturated rings. The fourth-order valence-corrected chi connectivity index (χ4v) is 4.52. The lowest BCUT2D eigenvalue weighted by Gasteiger charge is -2.46. The van der Waals surface area contributed by atoms with E-state index in [2.05, 4.69) is 5.32 Å². The molecule has 0 radical (unpaired) electrons. The van der Waals surface area contributed by atoms with Crippen LogP contribution in [0.25, 0.3) is 0 Å². The summed E-state index contributed by atoms with van der Waals surface area (Å²) in [6.07, 6.45) is 11.2. The number of carbonyl (C=O) groups excluding carboxylic acids is 2. The third kappa shape index (κ3) is 2.82. The predicted octanol–water partition coefficient (Wildman–Crippen LogP) is 2.61. The van der Waals surface area contributed by atoms with Gasteiger partial charge in [0.15, 0.2) is 0 Å². The van der Waals surface area contributed by atoms with E-state index in [1.165, 1.54) is 32.1 Å². The van der Waals surface area contributed by atoms with Crippen molar-refractivity contribution in [3.8, 4) is 0 Å². The van der Waals surface area contributed by atoms with Gasteiger partial charge < -0.3 is 10.2 Å². The molecule has 0 aromatic carbocycles. The van der Waals surface area contributed by atoms with E-state index in [1.54, 1.807) is 0 Å². The van der Waals surface area contributed by atoms with E-state index in [1.807, 2.05) is 11.8 Å². The Morgan fingerprint density at radius 3 is 2.24 bits per heavy atom. The smallest absolute Gasteiger partial charge is 0.246 e. The average Bonchev–Trinajstić information content (AvgIpc) is 3.03. The Bertz CT molecular complexity index is 398. The molecule has 1 aliphatic heterocycles. The molecule has 21 heavy (non-hydrogen) atoms. The van der Waals surface area contributed by atoms with Crippen LogP contribution in [0, 0.1) is 5.92 Å². The first-order valence-electron chi connectivity index (χ1n) is 8.85. The zero-order valence-corrected chi connectivity index (χ0v) is 13.1. The highest BCUT2D eigenvalue weighted by molar-refractivity contribution is 5.97. The predicted molar refractivity (Wildman–Crippen MR) is 81.7 cm³/mol. The summed E-state index contributed by atoms with van der Waals surface area (Å²) < 4.78 is 0. The molecule has 2 unspecified atom stereocenters. The average molecular weight is 292 g/mol. The van der Waals surface area contributed by atoms with Crippen molar-refractivity contribution in [3.63, 3.8) is 0 Å². The van der Waals surface area contributed by atoms with Crippen LogP contribution in [0.2, 0.25) is 0 Å². The quantitative estimate of drug-likeness (QED) is 0.869. The Hall–Kier alpha value is -1.06. The van der Waals surface area contributed by atoms with Crippen LogP contribution in [0.15, 0.2) is 0 Å². The maximum absolute atomic E-state index is 12.9. The normalized spacial score (nSPS) is 32.5. The first-order chi connectivity index (χ1) is 10.2. The molecule has 2 atom stereocenters. The highest BCUT2D eigenvalue weighted by atomic mass is 16.2. The molecule has 1 saturated heterocycles. The molecular weight excluding hydrogens is 264 g/mol. The molecule has 2 aliphatic carbocycles. The second kappa shape index (κ2) is 6.37. The molecule has 1 N–H and O–H groups in total. The number of amides is 2. The van der Waals surface area contributed by atoms with Crippen molar-refractivity contribution in [2.45, 2.75) is 89.3 Å². The topological polar surface area (TPSA) is 49.4 Å². The molecular formula is C17H28N2O2. The summed E-state index contributed by atoms with van der Waals surface area (Å²) in [4.78, 5) is 27.5. The minimum Gasteiger partial charge on any atom is -0.343 e. The van der Waals surface area contributed by atoms with Crippen molar-refractivity contribution in [1.82, 2.24) is 10.2 Å². The zero-order chi connectivity index (χ0) is 14.8. The van der Waals surface area contributed by atoms with Gasteiger partial charge in [-0.1, -0.05) is 39.0 Å². The summed E-state index contributed by atoms with van der Waals surface area (Å²) in [7, 11) is 0. The number of hydrogen-bond acceptors (Lipinski definition) is 2. The molecule has 3 rings (SSSR count). The standard InChI is InChI=1S/C17H28N2O2/c1-2-14-17(21)19(13-10-6-7-11-13)15(16(20)18-14)12-8-4-3-5-9-12/h12-15H,2-11H2,1H3,(H,18,20). The minimum atomic E-state index is -0.294. The van der Waals surface area contributed by atoms with Gasteiger partial charge in [-0.3, -0.25) is 9.59 Å². The number of nitrogens with zero attached hydrogens (tertiary/aromatic N) is 1. The first kappa shape index (κ1) is 14.9. The lowest BCUT2D eigenvalue weighted by atomic mass is 9.81. The summed E-state index contributed by atoms with van der Waals surface area (Å²) in [5.41, 5.74) is 0. The summed E-state index contributed by atoms with van der Waals surface area (Å²) in [5.74, 6) is 0.668. The van der Waals surface area contributed by atoms with E-state index in [0.29, 0.717) is 18.4 Å². The van der Waals surface area contributed by atoms with E-state index < -0.39 is 0 Å². The lowest BCUT2D eigenvalue weighted by Crippen LogP contribution is -2.67. The van der Waals surface area contributed by atoms with Gasteiger partial charge in [0.1, 0.15) is 12.1 Å². The van der Waals surface area contributed by atoms with Gasteiger partial charge in [-0.05, 0) is 38.0 Å². The van der Waals surface area contributed by atoms with Crippen LogP contribution in [0.1, 0.15) is 71.1 Å². The van der Waals surface area contributed by atoms with Crippen molar-refractivity contribution >= 4 is 11.8 Å². The molecule has 3 aliphatic rings. The molecule has 0 spiro atoms. The van der Waals surface area contributed by atoms with Crippen LogP contribution in [-0.4, -0.2) is 34.8 Å². The number of carbonyl (C=O) groups is 2. The van der Waals surface area contributed by atoms with Gasteiger partial charge in [0.05, 0.1) is 0 Å². The fourth-order valence-electron chi connectivity index (χ4n) is 4.52. The Kier molecular flexibility index (Phi) is 4.51. The van der Waals surface area contributed by atoms with Gasteiger partial charge in [0, 0.05) is 6.04 Å². The van der Waals surface area contributed by atoms with Gasteiger partial charge in [-0.2, -0.15) is 0 Å². The number of piperazine rings is 1. The zero-order valence-electron chi connectivity index (χ0n) is 13.1. The highest BCUT2D eigenvalue weighted by Crippen LogP contribution is 2.35. The second-order valence-electron chi connectivity index (χ2n) is 7.00. The monoisotopic (exact) mass is 292 g/mol.